The molecule has 1 amide bonds. The highest BCUT2D eigenvalue weighted by molar-refractivity contribution is 5.85. The van der Waals surface area contributed by atoms with E-state index in [0.29, 0.717) is 6.61 Å². The maximum Gasteiger partial charge on any atom is 0.421 e. The Balaban J connectivity index is 0.00000196. The summed E-state index contributed by atoms with van der Waals surface area (Å²) in [6.07, 6.45) is 5.28. The van der Waals surface area contributed by atoms with Gasteiger partial charge in [-0.05, 0) is 19.3 Å². The van der Waals surface area contributed by atoms with Gasteiger partial charge in [0.2, 0.25) is 0 Å². The van der Waals surface area contributed by atoms with Crippen molar-refractivity contribution in [3.8, 4) is 0 Å². The summed E-state index contributed by atoms with van der Waals surface area (Å²) in [7, 11) is 0. The van der Waals surface area contributed by atoms with Crippen molar-refractivity contribution >= 4 is 18.5 Å². The van der Waals surface area contributed by atoms with Gasteiger partial charge in [-0.1, -0.05) is 19.8 Å². The first kappa shape index (κ1) is 14.5. The summed E-state index contributed by atoms with van der Waals surface area (Å²) in [6.45, 7) is 4.49. The van der Waals surface area contributed by atoms with Gasteiger partial charge in [0.15, 0.2) is 0 Å². The van der Waals surface area contributed by atoms with Crippen LogP contribution in [-0.4, -0.2) is 30.8 Å². The molecule has 0 unspecified atom stereocenters. The number of rotatable bonds is 4. The van der Waals surface area contributed by atoms with E-state index in [0.717, 1.165) is 38.8 Å². The highest BCUT2D eigenvalue weighted by Crippen LogP contribution is 2.05. The fourth-order valence-corrected chi connectivity index (χ4v) is 1.48. The molecule has 1 N–H and O–H groups in total. The maximum atomic E-state index is 11.2. The molecule has 1 rings (SSSR count). The van der Waals surface area contributed by atoms with Gasteiger partial charge in [-0.15, -0.1) is 12.4 Å². The summed E-state index contributed by atoms with van der Waals surface area (Å²) >= 11 is 0. The fraction of sp³-hybridized carbons (Fsp3) is 0.900. The number of carbonyl (C=O) groups excluding carboxylic acids is 1. The molecule has 1 heterocycles. The van der Waals surface area contributed by atoms with E-state index < -0.39 is 0 Å². The molecule has 15 heavy (non-hydrogen) atoms. The lowest BCUT2D eigenvalue weighted by Gasteiger charge is -2.26. The molecule has 5 heteroatoms. The number of hydrogen-bond donors (Lipinski definition) is 1. The van der Waals surface area contributed by atoms with Gasteiger partial charge in [0.05, 0.1) is 6.61 Å². The number of nitrogens with zero attached hydrogens (tertiary/aromatic N) is 1. The van der Waals surface area contributed by atoms with Crippen LogP contribution in [0.3, 0.4) is 0 Å². The Morgan fingerprint density at radius 2 is 2.00 bits per heavy atom. The first-order chi connectivity index (χ1) is 6.83. The topological polar surface area (TPSA) is 41.6 Å². The average Bonchev–Trinajstić information content (AvgIpc) is 2.20. The number of hydrazine groups is 1. The Hall–Kier alpha value is -0.480. The molecule has 0 radical (unpaired) electrons. The number of hydrogen-bond acceptors (Lipinski definition) is 3. The molecular weight excluding hydrogens is 216 g/mol. The number of amides is 1. The van der Waals surface area contributed by atoms with Gasteiger partial charge in [-0.25, -0.2) is 9.80 Å². The van der Waals surface area contributed by atoms with Crippen LogP contribution in [0.1, 0.15) is 39.0 Å². The molecule has 0 spiro atoms. The Morgan fingerprint density at radius 1 is 1.33 bits per heavy atom. The summed E-state index contributed by atoms with van der Waals surface area (Å²) in [5.74, 6) is 0. The van der Waals surface area contributed by atoms with Crippen molar-refractivity contribution in [1.29, 1.82) is 0 Å². The van der Waals surface area contributed by atoms with Crippen LogP contribution in [0, 0.1) is 0 Å². The van der Waals surface area contributed by atoms with E-state index in [4.69, 9.17) is 4.74 Å². The van der Waals surface area contributed by atoms with Gasteiger partial charge in [0, 0.05) is 13.1 Å². The van der Waals surface area contributed by atoms with Crippen molar-refractivity contribution in [2.45, 2.75) is 39.0 Å². The van der Waals surface area contributed by atoms with Crippen molar-refractivity contribution in [3.05, 3.63) is 0 Å². The van der Waals surface area contributed by atoms with Gasteiger partial charge in [0.25, 0.3) is 0 Å². The second kappa shape index (κ2) is 8.80. The van der Waals surface area contributed by atoms with Crippen molar-refractivity contribution < 1.29 is 9.53 Å². The van der Waals surface area contributed by atoms with Gasteiger partial charge in [0.1, 0.15) is 0 Å². The van der Waals surface area contributed by atoms with E-state index in [1.165, 1.54) is 6.42 Å². The first-order valence-corrected chi connectivity index (χ1v) is 5.51. The zero-order valence-corrected chi connectivity index (χ0v) is 10.1. The second-order valence-corrected chi connectivity index (χ2v) is 3.65. The van der Waals surface area contributed by atoms with E-state index in [9.17, 15) is 4.79 Å². The zero-order valence-electron chi connectivity index (χ0n) is 9.33. The van der Waals surface area contributed by atoms with E-state index in [1.54, 1.807) is 0 Å². The number of halogens is 1. The van der Waals surface area contributed by atoms with Gasteiger partial charge >= 0.3 is 6.09 Å². The Morgan fingerprint density at radius 3 is 2.60 bits per heavy atom. The number of unbranched alkanes of at least 4 members (excludes halogenated alkanes) is 1. The van der Waals surface area contributed by atoms with Gasteiger partial charge in [-0.3, -0.25) is 5.43 Å². The van der Waals surface area contributed by atoms with E-state index in [1.807, 2.05) is 5.01 Å². The highest BCUT2D eigenvalue weighted by atomic mass is 35.5. The Labute approximate surface area is 97.7 Å². The molecule has 4 nitrogen and oxygen atoms in total. The third kappa shape index (κ3) is 6.57. The third-order valence-electron chi connectivity index (χ3n) is 2.34. The van der Waals surface area contributed by atoms with Crippen molar-refractivity contribution in [3.63, 3.8) is 0 Å². The van der Waals surface area contributed by atoms with Gasteiger partial charge < -0.3 is 4.74 Å². The number of ether oxygens (including phenoxy) is 1. The largest absolute Gasteiger partial charge is 0.449 e. The molecule has 1 saturated heterocycles. The van der Waals surface area contributed by atoms with Gasteiger partial charge in [-0.2, -0.15) is 0 Å². The smallest absolute Gasteiger partial charge is 0.421 e. The summed E-state index contributed by atoms with van der Waals surface area (Å²) in [6, 6.07) is 0. The molecule has 90 valence electrons. The first-order valence-electron chi connectivity index (χ1n) is 5.51. The van der Waals surface area contributed by atoms with Crippen LogP contribution < -0.4 is 5.43 Å². The molecule has 0 aromatic rings. The SMILES string of the molecule is CCCCOC(=O)NN1CCCCC1.Cl. The molecule has 1 fully saturated rings. The van der Waals surface area contributed by atoms with E-state index >= 15 is 0 Å². The van der Waals surface area contributed by atoms with Crippen molar-refractivity contribution in [2.75, 3.05) is 19.7 Å². The summed E-state index contributed by atoms with van der Waals surface area (Å²) in [5, 5.41) is 1.94. The fourth-order valence-electron chi connectivity index (χ4n) is 1.48. The maximum absolute atomic E-state index is 11.2. The second-order valence-electron chi connectivity index (χ2n) is 3.65. The lowest BCUT2D eigenvalue weighted by atomic mass is 10.2. The van der Waals surface area contributed by atoms with E-state index in [-0.39, 0.29) is 18.5 Å². The molecule has 1 aliphatic rings. The lowest BCUT2D eigenvalue weighted by molar-refractivity contribution is 0.0945. The van der Waals surface area contributed by atoms with Crippen LogP contribution in [0.4, 0.5) is 4.79 Å². The summed E-state index contributed by atoms with van der Waals surface area (Å²) in [4.78, 5) is 11.2. The molecule has 0 aliphatic carbocycles. The summed E-state index contributed by atoms with van der Waals surface area (Å²) < 4.78 is 4.99. The van der Waals surface area contributed by atoms with Crippen LogP contribution in [0.25, 0.3) is 0 Å². The van der Waals surface area contributed by atoms with E-state index in [2.05, 4.69) is 12.3 Å². The highest BCUT2D eigenvalue weighted by Gasteiger charge is 2.12. The molecular formula is C10H21ClN2O2. The normalized spacial score (nSPS) is 16.6. The molecule has 0 aromatic carbocycles. The Kier molecular flexibility index (Phi) is 8.52. The molecule has 0 aromatic heterocycles. The number of carbonyl (C=O) groups is 1. The number of piperidine rings is 1. The third-order valence-corrected chi connectivity index (χ3v) is 2.34. The average molecular weight is 237 g/mol. The quantitative estimate of drug-likeness (QED) is 0.762. The molecule has 0 bridgehead atoms. The molecule has 0 saturated carbocycles. The van der Waals surface area contributed by atoms with Crippen molar-refractivity contribution in [1.82, 2.24) is 10.4 Å². The van der Waals surface area contributed by atoms with Crippen LogP contribution >= 0.6 is 12.4 Å². The minimum atomic E-state index is -0.305. The Bertz CT molecular complexity index is 173. The number of nitrogens with one attached hydrogen (secondary N) is 1. The predicted octanol–water partition coefficient (Wildman–Crippen LogP) is 2.34. The van der Waals surface area contributed by atoms with Crippen molar-refractivity contribution in [2.24, 2.45) is 0 Å². The lowest BCUT2D eigenvalue weighted by Crippen LogP contribution is -2.45. The zero-order chi connectivity index (χ0) is 10.2. The van der Waals surface area contributed by atoms with Crippen LogP contribution in [0.15, 0.2) is 0 Å². The van der Waals surface area contributed by atoms with Crippen LogP contribution in [0.2, 0.25) is 0 Å². The minimum absolute atomic E-state index is 0. The minimum Gasteiger partial charge on any atom is -0.449 e. The van der Waals surface area contributed by atoms with Crippen LogP contribution in [-0.2, 0) is 4.74 Å². The standard InChI is InChI=1S/C10H20N2O2.ClH/c1-2-3-9-14-10(13)11-12-7-5-4-6-8-12;/h2-9H2,1H3,(H,11,13);1H. The molecule has 0 atom stereocenters. The monoisotopic (exact) mass is 236 g/mol. The molecule has 1 aliphatic heterocycles. The predicted molar refractivity (Wildman–Crippen MR) is 62.1 cm³/mol. The summed E-state index contributed by atoms with van der Waals surface area (Å²) in [5.41, 5.74) is 2.75. The van der Waals surface area contributed by atoms with Crippen LogP contribution in [0.5, 0.6) is 0 Å².